The van der Waals surface area contributed by atoms with E-state index in [2.05, 4.69) is 36.4 Å². The van der Waals surface area contributed by atoms with Gasteiger partial charge < -0.3 is 9.47 Å². The van der Waals surface area contributed by atoms with Crippen LogP contribution in [-0.4, -0.2) is 19.0 Å². The molecule has 0 bridgehead atoms. The third-order valence-electron chi connectivity index (χ3n) is 5.12. The topological polar surface area (TPSA) is 18.5 Å². The van der Waals surface area contributed by atoms with Gasteiger partial charge in [-0.05, 0) is 64.9 Å². The highest BCUT2D eigenvalue weighted by molar-refractivity contribution is 6.31. The maximum absolute atomic E-state index is 6.29. The zero-order valence-corrected chi connectivity index (χ0v) is 17.5. The second-order valence-corrected chi connectivity index (χ2v) is 7.68. The summed E-state index contributed by atoms with van der Waals surface area (Å²) in [7, 11) is 0. The van der Waals surface area contributed by atoms with E-state index in [0.717, 1.165) is 42.4 Å². The third kappa shape index (κ3) is 3.35. The highest BCUT2D eigenvalue weighted by Gasteiger charge is 2.39. The van der Waals surface area contributed by atoms with Crippen molar-refractivity contribution in [1.82, 2.24) is 0 Å². The molecule has 0 heterocycles. The van der Waals surface area contributed by atoms with E-state index in [1.165, 1.54) is 0 Å². The van der Waals surface area contributed by atoms with Gasteiger partial charge in [-0.25, -0.2) is 0 Å². The molecule has 0 fully saturated rings. The minimum absolute atomic E-state index is 0.552. The molecule has 0 unspecified atom stereocenters. The molecule has 2 nitrogen and oxygen atoms in total. The van der Waals surface area contributed by atoms with Crippen molar-refractivity contribution in [1.29, 1.82) is 0 Å². The molecule has 3 aromatic carbocycles. The summed E-state index contributed by atoms with van der Waals surface area (Å²) in [5, 5.41) is 5.83. The zero-order valence-electron chi connectivity index (χ0n) is 16.0. The molecule has 28 heavy (non-hydrogen) atoms. The van der Waals surface area contributed by atoms with Crippen molar-refractivity contribution in [3.8, 4) is 0 Å². The molecule has 0 radical (unpaired) electrons. The fourth-order valence-corrected chi connectivity index (χ4v) is 4.44. The maximum Gasteiger partial charge on any atom is 0.199 e. The van der Waals surface area contributed by atoms with Crippen LogP contribution in [0, 0.1) is 0 Å². The SMILES string of the molecule is CCOC1(OCC)CC=c2cc(Cl)ccc2=C1c1cccc2cc(Cl)ccc12. The van der Waals surface area contributed by atoms with Crippen LogP contribution in [0.5, 0.6) is 0 Å². The molecule has 0 saturated heterocycles. The average Bonchev–Trinajstić information content (AvgIpc) is 2.68. The normalized spacial score (nSPS) is 15.4. The first-order chi connectivity index (χ1) is 13.6. The van der Waals surface area contributed by atoms with Crippen LogP contribution >= 0.6 is 23.2 Å². The van der Waals surface area contributed by atoms with Crippen molar-refractivity contribution < 1.29 is 9.47 Å². The number of hydrogen-bond acceptors (Lipinski definition) is 2. The molecular formula is C24H22Cl2O2. The van der Waals surface area contributed by atoms with Crippen LogP contribution in [-0.2, 0) is 9.47 Å². The van der Waals surface area contributed by atoms with Crippen molar-refractivity contribution in [3.63, 3.8) is 0 Å². The van der Waals surface area contributed by atoms with Gasteiger partial charge in [-0.3, -0.25) is 0 Å². The van der Waals surface area contributed by atoms with Crippen LogP contribution in [0.25, 0.3) is 22.4 Å². The van der Waals surface area contributed by atoms with Crippen molar-refractivity contribution in [3.05, 3.63) is 80.6 Å². The molecule has 144 valence electrons. The fraction of sp³-hybridized carbons (Fsp3) is 0.250. The molecule has 1 aliphatic rings. The van der Waals surface area contributed by atoms with Crippen LogP contribution in [0.3, 0.4) is 0 Å². The standard InChI is InChI=1S/C24H22Cl2O2/c1-3-27-24(28-4-2)13-12-17-15-19(26)9-11-21(17)23(24)22-7-5-6-16-14-18(25)8-10-20(16)22/h5-12,14-15H,3-4,13H2,1-2H3. The van der Waals surface area contributed by atoms with Crippen LogP contribution in [0.2, 0.25) is 10.0 Å². The van der Waals surface area contributed by atoms with E-state index in [-0.39, 0.29) is 0 Å². The average molecular weight is 413 g/mol. The molecule has 3 aromatic rings. The molecule has 4 heteroatoms. The molecule has 4 rings (SSSR count). The van der Waals surface area contributed by atoms with Gasteiger partial charge in [0.15, 0.2) is 5.79 Å². The second-order valence-electron chi connectivity index (χ2n) is 6.80. The third-order valence-corrected chi connectivity index (χ3v) is 5.59. The summed E-state index contributed by atoms with van der Waals surface area (Å²) < 4.78 is 12.6. The van der Waals surface area contributed by atoms with E-state index < -0.39 is 5.79 Å². The van der Waals surface area contributed by atoms with Gasteiger partial charge in [0.2, 0.25) is 0 Å². The van der Waals surface area contributed by atoms with Crippen molar-refractivity contribution in [2.45, 2.75) is 26.1 Å². The van der Waals surface area contributed by atoms with E-state index in [0.29, 0.717) is 19.6 Å². The monoisotopic (exact) mass is 412 g/mol. The Morgan fingerprint density at radius 2 is 1.61 bits per heavy atom. The van der Waals surface area contributed by atoms with Gasteiger partial charge in [-0.15, -0.1) is 0 Å². The summed E-state index contributed by atoms with van der Waals surface area (Å²) in [6, 6.07) is 18.2. The van der Waals surface area contributed by atoms with Gasteiger partial charge >= 0.3 is 0 Å². The highest BCUT2D eigenvalue weighted by atomic mass is 35.5. The van der Waals surface area contributed by atoms with Gasteiger partial charge in [0, 0.05) is 35.3 Å². The first-order valence-corrected chi connectivity index (χ1v) is 10.3. The van der Waals surface area contributed by atoms with E-state index in [1.54, 1.807) is 0 Å². The lowest BCUT2D eigenvalue weighted by atomic mass is 9.85. The summed E-state index contributed by atoms with van der Waals surface area (Å²) in [5.41, 5.74) is 2.13. The summed E-state index contributed by atoms with van der Waals surface area (Å²) in [5.74, 6) is -0.835. The van der Waals surface area contributed by atoms with Gasteiger partial charge in [0.1, 0.15) is 0 Å². The Labute approximate surface area is 175 Å². The predicted molar refractivity (Wildman–Crippen MR) is 117 cm³/mol. The molecule has 0 N–H and O–H groups in total. The lowest BCUT2D eigenvalue weighted by Gasteiger charge is -2.37. The molecule has 1 aliphatic carbocycles. The number of halogens is 2. The number of hydrogen-bond donors (Lipinski definition) is 0. The highest BCUT2D eigenvalue weighted by Crippen LogP contribution is 2.38. The molecule has 0 spiro atoms. The second kappa shape index (κ2) is 7.88. The molecule has 0 atom stereocenters. The van der Waals surface area contributed by atoms with E-state index in [9.17, 15) is 0 Å². The Bertz CT molecular complexity index is 1140. The minimum atomic E-state index is -0.835. The van der Waals surface area contributed by atoms with Gasteiger partial charge in [-0.1, -0.05) is 59.6 Å². The summed E-state index contributed by atoms with van der Waals surface area (Å²) in [6.07, 6.45) is 2.78. The first kappa shape index (κ1) is 19.5. The van der Waals surface area contributed by atoms with Crippen LogP contribution in [0.4, 0.5) is 0 Å². The van der Waals surface area contributed by atoms with Crippen molar-refractivity contribution >= 4 is 45.6 Å². The lowest BCUT2D eigenvalue weighted by Crippen LogP contribution is -2.47. The lowest BCUT2D eigenvalue weighted by molar-refractivity contribution is -0.187. The Kier molecular flexibility index (Phi) is 5.48. The molecular weight excluding hydrogens is 391 g/mol. The molecule has 0 aromatic heterocycles. The summed E-state index contributed by atoms with van der Waals surface area (Å²) in [6.45, 7) is 5.10. The van der Waals surface area contributed by atoms with E-state index in [1.807, 2.05) is 38.1 Å². The van der Waals surface area contributed by atoms with Gasteiger partial charge in [-0.2, -0.15) is 0 Å². The largest absolute Gasteiger partial charge is 0.346 e. The molecule has 0 saturated carbocycles. The Morgan fingerprint density at radius 1 is 0.893 bits per heavy atom. The van der Waals surface area contributed by atoms with Crippen LogP contribution in [0.15, 0.2) is 54.6 Å². The van der Waals surface area contributed by atoms with E-state index in [4.69, 9.17) is 32.7 Å². The van der Waals surface area contributed by atoms with Gasteiger partial charge in [0.05, 0.1) is 0 Å². The molecule has 0 aliphatic heterocycles. The van der Waals surface area contributed by atoms with Gasteiger partial charge in [0.25, 0.3) is 0 Å². The number of rotatable bonds is 5. The smallest absolute Gasteiger partial charge is 0.199 e. The van der Waals surface area contributed by atoms with Crippen LogP contribution in [0.1, 0.15) is 25.8 Å². The number of benzene rings is 3. The van der Waals surface area contributed by atoms with Crippen LogP contribution < -0.4 is 10.4 Å². The first-order valence-electron chi connectivity index (χ1n) is 9.55. The Hall–Kier alpha value is -1.84. The minimum Gasteiger partial charge on any atom is -0.346 e. The summed E-state index contributed by atoms with van der Waals surface area (Å²) >= 11 is 12.5. The Morgan fingerprint density at radius 3 is 2.36 bits per heavy atom. The summed E-state index contributed by atoms with van der Waals surface area (Å²) in [4.78, 5) is 0. The van der Waals surface area contributed by atoms with Crippen molar-refractivity contribution in [2.24, 2.45) is 0 Å². The number of ether oxygens (including phenoxy) is 2. The fourth-order valence-electron chi connectivity index (χ4n) is 4.07. The predicted octanol–water partition coefficient (Wildman–Crippen LogP) is 5.30. The van der Waals surface area contributed by atoms with E-state index >= 15 is 0 Å². The number of fused-ring (bicyclic) bond motifs is 2. The van der Waals surface area contributed by atoms with Crippen molar-refractivity contribution in [2.75, 3.05) is 13.2 Å². The molecule has 0 amide bonds. The zero-order chi connectivity index (χ0) is 19.7. The quantitative estimate of drug-likeness (QED) is 0.529. The maximum atomic E-state index is 6.29. The Balaban J connectivity index is 2.13.